The van der Waals surface area contributed by atoms with Gasteiger partial charge in [0.2, 0.25) is 0 Å². The molecule has 15 heavy (non-hydrogen) atoms. The minimum atomic E-state index is 0.0526. The first kappa shape index (κ1) is 12.2. The van der Waals surface area contributed by atoms with E-state index in [0.717, 1.165) is 5.56 Å². The van der Waals surface area contributed by atoms with Crippen LogP contribution in [0.1, 0.15) is 12.5 Å². The first-order valence-electron chi connectivity index (χ1n) is 5.17. The van der Waals surface area contributed by atoms with Crippen molar-refractivity contribution in [2.45, 2.75) is 19.6 Å². The van der Waals surface area contributed by atoms with Crippen LogP contribution in [-0.4, -0.2) is 31.0 Å². The lowest BCUT2D eigenvalue weighted by atomic mass is 10.2. The molecule has 0 saturated heterocycles. The average molecular weight is 210 g/mol. The first-order chi connectivity index (χ1) is 7.33. The molecular formula is C12H18O3. The molecule has 0 spiro atoms. The molecule has 1 atom stereocenters. The molecule has 0 aliphatic heterocycles. The number of hydrogen-bond acceptors (Lipinski definition) is 3. The van der Waals surface area contributed by atoms with Crippen molar-refractivity contribution in [3.8, 4) is 0 Å². The summed E-state index contributed by atoms with van der Waals surface area (Å²) in [4.78, 5) is 0. The van der Waals surface area contributed by atoms with Crippen molar-refractivity contribution >= 4 is 0 Å². The van der Waals surface area contributed by atoms with Gasteiger partial charge in [0.15, 0.2) is 0 Å². The van der Waals surface area contributed by atoms with Crippen LogP contribution >= 0.6 is 0 Å². The van der Waals surface area contributed by atoms with Gasteiger partial charge in [-0.1, -0.05) is 30.3 Å². The van der Waals surface area contributed by atoms with Crippen LogP contribution in [0, 0.1) is 0 Å². The summed E-state index contributed by atoms with van der Waals surface area (Å²) in [5.41, 5.74) is 1.16. The van der Waals surface area contributed by atoms with E-state index in [2.05, 4.69) is 0 Å². The van der Waals surface area contributed by atoms with Crippen LogP contribution in [0.4, 0.5) is 0 Å². The SMILES string of the molecule is C[C@@H](COCCO)OCc1ccccc1. The highest BCUT2D eigenvalue weighted by atomic mass is 16.5. The van der Waals surface area contributed by atoms with Gasteiger partial charge in [-0.05, 0) is 12.5 Å². The molecule has 1 aromatic carbocycles. The van der Waals surface area contributed by atoms with E-state index in [4.69, 9.17) is 14.6 Å². The topological polar surface area (TPSA) is 38.7 Å². The Morgan fingerprint density at radius 1 is 1.27 bits per heavy atom. The molecule has 0 radical (unpaired) electrons. The van der Waals surface area contributed by atoms with Crippen molar-refractivity contribution in [2.24, 2.45) is 0 Å². The minimum absolute atomic E-state index is 0.0526. The van der Waals surface area contributed by atoms with Gasteiger partial charge >= 0.3 is 0 Å². The fourth-order valence-electron chi connectivity index (χ4n) is 1.17. The van der Waals surface area contributed by atoms with Crippen LogP contribution in [0.5, 0.6) is 0 Å². The molecule has 0 amide bonds. The molecule has 1 aromatic rings. The molecule has 0 fully saturated rings. The van der Waals surface area contributed by atoms with Crippen molar-refractivity contribution in [2.75, 3.05) is 19.8 Å². The van der Waals surface area contributed by atoms with Gasteiger partial charge in [-0.25, -0.2) is 0 Å². The van der Waals surface area contributed by atoms with E-state index in [1.54, 1.807) is 0 Å². The summed E-state index contributed by atoms with van der Waals surface area (Å²) < 4.78 is 10.7. The highest BCUT2D eigenvalue weighted by Crippen LogP contribution is 2.03. The van der Waals surface area contributed by atoms with Gasteiger partial charge in [-0.2, -0.15) is 0 Å². The Morgan fingerprint density at radius 2 is 2.00 bits per heavy atom. The van der Waals surface area contributed by atoms with E-state index >= 15 is 0 Å². The van der Waals surface area contributed by atoms with Crippen molar-refractivity contribution in [3.63, 3.8) is 0 Å². The molecule has 1 rings (SSSR count). The largest absolute Gasteiger partial charge is 0.394 e. The van der Waals surface area contributed by atoms with Gasteiger partial charge in [-0.3, -0.25) is 0 Å². The molecule has 1 N–H and O–H groups in total. The minimum Gasteiger partial charge on any atom is -0.394 e. The maximum absolute atomic E-state index is 8.52. The zero-order chi connectivity index (χ0) is 10.9. The van der Waals surface area contributed by atoms with Crippen LogP contribution in [0.3, 0.4) is 0 Å². The normalized spacial score (nSPS) is 12.7. The summed E-state index contributed by atoms with van der Waals surface area (Å²) in [6, 6.07) is 10.0. The lowest BCUT2D eigenvalue weighted by molar-refractivity contribution is -0.0218. The molecule has 0 aromatic heterocycles. The van der Waals surface area contributed by atoms with Crippen molar-refractivity contribution < 1.29 is 14.6 Å². The van der Waals surface area contributed by atoms with E-state index in [9.17, 15) is 0 Å². The second-order valence-corrected chi connectivity index (χ2v) is 3.41. The number of aliphatic hydroxyl groups excluding tert-OH is 1. The monoisotopic (exact) mass is 210 g/mol. The van der Waals surface area contributed by atoms with Crippen LogP contribution in [0.2, 0.25) is 0 Å². The van der Waals surface area contributed by atoms with Crippen LogP contribution in [0.15, 0.2) is 30.3 Å². The maximum atomic E-state index is 8.52. The van der Waals surface area contributed by atoms with E-state index in [-0.39, 0.29) is 12.7 Å². The van der Waals surface area contributed by atoms with Crippen LogP contribution in [0.25, 0.3) is 0 Å². The first-order valence-corrected chi connectivity index (χ1v) is 5.17. The highest BCUT2D eigenvalue weighted by Gasteiger charge is 2.02. The van der Waals surface area contributed by atoms with Crippen LogP contribution in [-0.2, 0) is 16.1 Å². The van der Waals surface area contributed by atoms with Crippen molar-refractivity contribution in [1.82, 2.24) is 0 Å². The molecular weight excluding hydrogens is 192 g/mol. The lowest BCUT2D eigenvalue weighted by Crippen LogP contribution is -2.17. The zero-order valence-corrected chi connectivity index (χ0v) is 9.06. The standard InChI is InChI=1S/C12H18O3/c1-11(9-14-8-7-13)15-10-12-5-3-2-4-6-12/h2-6,11,13H,7-10H2,1H3/t11-/m0/s1. The quantitative estimate of drug-likeness (QED) is 0.695. The summed E-state index contributed by atoms with van der Waals surface area (Å²) in [5.74, 6) is 0. The predicted octanol–water partition coefficient (Wildman–Crippen LogP) is 1.60. The molecule has 0 saturated carbocycles. The van der Waals surface area contributed by atoms with Gasteiger partial charge in [0, 0.05) is 0 Å². The lowest BCUT2D eigenvalue weighted by Gasteiger charge is -2.12. The second kappa shape index (κ2) is 7.40. The smallest absolute Gasteiger partial charge is 0.0785 e. The summed E-state index contributed by atoms with van der Waals surface area (Å²) >= 11 is 0. The number of hydrogen-bond donors (Lipinski definition) is 1. The second-order valence-electron chi connectivity index (χ2n) is 3.41. The third-order valence-electron chi connectivity index (χ3n) is 1.97. The van der Waals surface area contributed by atoms with Crippen molar-refractivity contribution in [1.29, 1.82) is 0 Å². The average Bonchev–Trinajstić information content (AvgIpc) is 2.28. The number of rotatable bonds is 7. The van der Waals surface area contributed by atoms with Crippen molar-refractivity contribution in [3.05, 3.63) is 35.9 Å². The molecule has 0 heterocycles. The van der Waals surface area contributed by atoms with E-state index in [1.807, 2.05) is 37.3 Å². The van der Waals surface area contributed by atoms with E-state index in [1.165, 1.54) is 0 Å². The third kappa shape index (κ3) is 5.52. The number of ether oxygens (including phenoxy) is 2. The Labute approximate surface area is 90.6 Å². The summed E-state index contributed by atoms with van der Waals surface area (Å²) in [6.45, 7) is 3.52. The molecule has 3 nitrogen and oxygen atoms in total. The maximum Gasteiger partial charge on any atom is 0.0785 e. The number of benzene rings is 1. The highest BCUT2D eigenvalue weighted by molar-refractivity contribution is 5.13. The summed E-state index contributed by atoms with van der Waals surface area (Å²) in [7, 11) is 0. The molecule has 0 aliphatic rings. The molecule has 0 unspecified atom stereocenters. The van der Waals surface area contributed by atoms with Crippen LogP contribution < -0.4 is 0 Å². The van der Waals surface area contributed by atoms with Gasteiger partial charge in [0.25, 0.3) is 0 Å². The van der Waals surface area contributed by atoms with Gasteiger partial charge in [-0.15, -0.1) is 0 Å². The van der Waals surface area contributed by atoms with Gasteiger partial charge in [0.05, 0.1) is 32.5 Å². The molecule has 84 valence electrons. The van der Waals surface area contributed by atoms with E-state index < -0.39 is 0 Å². The predicted molar refractivity (Wildman–Crippen MR) is 58.6 cm³/mol. The Kier molecular flexibility index (Phi) is 6.00. The van der Waals surface area contributed by atoms with E-state index in [0.29, 0.717) is 19.8 Å². The zero-order valence-electron chi connectivity index (χ0n) is 9.06. The Hall–Kier alpha value is -0.900. The fourth-order valence-corrected chi connectivity index (χ4v) is 1.17. The molecule has 0 aliphatic carbocycles. The van der Waals surface area contributed by atoms with Gasteiger partial charge < -0.3 is 14.6 Å². The third-order valence-corrected chi connectivity index (χ3v) is 1.97. The Morgan fingerprint density at radius 3 is 2.67 bits per heavy atom. The fraction of sp³-hybridized carbons (Fsp3) is 0.500. The molecule has 3 heteroatoms. The Balaban J connectivity index is 2.14. The Bertz CT molecular complexity index is 248. The summed E-state index contributed by atoms with van der Waals surface area (Å²) in [5, 5.41) is 8.52. The molecule has 0 bridgehead atoms. The number of aliphatic hydroxyl groups is 1. The summed E-state index contributed by atoms with van der Waals surface area (Å²) in [6.07, 6.45) is 0.0526. The van der Waals surface area contributed by atoms with Gasteiger partial charge in [0.1, 0.15) is 0 Å².